The van der Waals surface area contributed by atoms with E-state index < -0.39 is 23.7 Å². The van der Waals surface area contributed by atoms with Crippen molar-refractivity contribution in [2.24, 2.45) is 7.05 Å². The number of rotatable bonds is 4. The number of halogens is 3. The zero-order valence-electron chi connectivity index (χ0n) is 14.3. The van der Waals surface area contributed by atoms with E-state index in [0.29, 0.717) is 5.56 Å². The molecule has 0 spiro atoms. The molecule has 3 rings (SSSR count). The van der Waals surface area contributed by atoms with Crippen molar-refractivity contribution in [3.8, 4) is 0 Å². The van der Waals surface area contributed by atoms with Gasteiger partial charge in [0.25, 0.3) is 11.5 Å². The number of nitrogens with zero attached hydrogens (tertiary/aromatic N) is 3. The van der Waals surface area contributed by atoms with Gasteiger partial charge in [0, 0.05) is 19.2 Å². The molecule has 0 aliphatic heterocycles. The molecular formula is C18H18F3N3O2. The highest BCUT2D eigenvalue weighted by Crippen LogP contribution is 2.37. The Balaban J connectivity index is 1.94. The topological polar surface area (TPSA) is 55.2 Å². The largest absolute Gasteiger partial charge is 0.416 e. The van der Waals surface area contributed by atoms with Crippen molar-refractivity contribution in [1.29, 1.82) is 0 Å². The Morgan fingerprint density at radius 3 is 2.54 bits per heavy atom. The molecule has 5 nitrogen and oxygen atoms in total. The molecule has 0 saturated heterocycles. The van der Waals surface area contributed by atoms with Gasteiger partial charge in [-0.3, -0.25) is 9.59 Å². The summed E-state index contributed by atoms with van der Waals surface area (Å²) in [7, 11) is 1.44. The van der Waals surface area contributed by atoms with Gasteiger partial charge in [0.1, 0.15) is 5.69 Å². The summed E-state index contributed by atoms with van der Waals surface area (Å²) in [6, 6.07) is 7.02. The van der Waals surface area contributed by atoms with Gasteiger partial charge in [0.2, 0.25) is 0 Å². The van der Waals surface area contributed by atoms with Gasteiger partial charge in [0.15, 0.2) is 0 Å². The summed E-state index contributed by atoms with van der Waals surface area (Å²) in [5.41, 5.74) is -0.585. The summed E-state index contributed by atoms with van der Waals surface area (Å²) in [6.45, 7) is 1.70. The van der Waals surface area contributed by atoms with E-state index in [1.165, 1.54) is 25.2 Å². The second-order valence-corrected chi connectivity index (χ2v) is 6.42. The number of alkyl halides is 3. The fourth-order valence-electron chi connectivity index (χ4n) is 2.89. The molecule has 2 aromatic rings. The number of amides is 1. The maximum Gasteiger partial charge on any atom is 0.416 e. The highest BCUT2D eigenvalue weighted by atomic mass is 19.4. The van der Waals surface area contributed by atoms with Crippen molar-refractivity contribution >= 4 is 5.91 Å². The van der Waals surface area contributed by atoms with Crippen LogP contribution in [-0.2, 0) is 13.2 Å². The third-order valence-corrected chi connectivity index (χ3v) is 4.47. The summed E-state index contributed by atoms with van der Waals surface area (Å²) in [5.74, 6) is -0.395. The van der Waals surface area contributed by atoms with E-state index >= 15 is 0 Å². The quantitative estimate of drug-likeness (QED) is 0.836. The Bertz CT molecular complexity index is 888. The predicted molar refractivity (Wildman–Crippen MR) is 88.5 cm³/mol. The summed E-state index contributed by atoms with van der Waals surface area (Å²) in [6.07, 6.45) is -2.86. The lowest BCUT2D eigenvalue weighted by atomic mass is 10.0. The van der Waals surface area contributed by atoms with Crippen molar-refractivity contribution in [3.05, 3.63) is 63.6 Å². The van der Waals surface area contributed by atoms with E-state index in [4.69, 9.17) is 0 Å². The number of hydrogen-bond donors (Lipinski definition) is 0. The van der Waals surface area contributed by atoms with Crippen LogP contribution in [0.25, 0.3) is 0 Å². The minimum Gasteiger partial charge on any atom is -0.328 e. The second-order valence-electron chi connectivity index (χ2n) is 6.42. The molecule has 1 aliphatic carbocycles. The first-order valence-electron chi connectivity index (χ1n) is 8.22. The van der Waals surface area contributed by atoms with Gasteiger partial charge in [-0.15, -0.1) is 0 Å². The Morgan fingerprint density at radius 1 is 1.27 bits per heavy atom. The number of hydrogen-bond acceptors (Lipinski definition) is 3. The highest BCUT2D eigenvalue weighted by molar-refractivity contribution is 5.92. The fraction of sp³-hybridized carbons (Fsp3) is 0.389. The number of carbonyl (C=O) groups is 1. The molecule has 26 heavy (non-hydrogen) atoms. The van der Waals surface area contributed by atoms with Gasteiger partial charge in [0.05, 0.1) is 11.6 Å². The Morgan fingerprint density at radius 2 is 1.96 bits per heavy atom. The fourth-order valence-corrected chi connectivity index (χ4v) is 2.89. The lowest BCUT2D eigenvalue weighted by molar-refractivity contribution is -0.137. The summed E-state index contributed by atoms with van der Waals surface area (Å²) < 4.78 is 40.0. The smallest absolute Gasteiger partial charge is 0.328 e. The van der Waals surface area contributed by atoms with Gasteiger partial charge >= 0.3 is 6.18 Å². The average Bonchev–Trinajstić information content (AvgIpc) is 3.41. The van der Waals surface area contributed by atoms with Crippen LogP contribution in [0.3, 0.4) is 0 Å². The Hall–Kier alpha value is -2.64. The molecule has 0 bridgehead atoms. The molecule has 1 saturated carbocycles. The first-order chi connectivity index (χ1) is 12.2. The van der Waals surface area contributed by atoms with Crippen molar-refractivity contribution in [2.75, 3.05) is 0 Å². The van der Waals surface area contributed by atoms with Crippen LogP contribution in [0.15, 0.2) is 41.2 Å². The number of benzene rings is 1. The summed E-state index contributed by atoms with van der Waals surface area (Å²) in [4.78, 5) is 25.9. The van der Waals surface area contributed by atoms with Gasteiger partial charge in [-0.2, -0.15) is 18.3 Å². The number of carbonyl (C=O) groups excluding carboxylic acids is 1. The van der Waals surface area contributed by atoms with Crippen LogP contribution in [0, 0.1) is 0 Å². The SMILES string of the molecule is CC(c1cccc(C(F)(F)F)c1)N(C(=O)c1ccc(=O)n(C)n1)C1CC1. The first-order valence-corrected chi connectivity index (χ1v) is 8.22. The van der Waals surface area contributed by atoms with Crippen LogP contribution >= 0.6 is 0 Å². The summed E-state index contributed by atoms with van der Waals surface area (Å²) in [5, 5.41) is 3.97. The first kappa shape index (κ1) is 18.2. The van der Waals surface area contributed by atoms with E-state index in [1.807, 2.05) is 0 Å². The molecule has 1 fully saturated rings. The number of aryl methyl sites for hydroxylation is 1. The Kier molecular flexibility index (Phi) is 4.60. The monoisotopic (exact) mass is 365 g/mol. The van der Waals surface area contributed by atoms with E-state index in [9.17, 15) is 22.8 Å². The van der Waals surface area contributed by atoms with Crippen molar-refractivity contribution < 1.29 is 18.0 Å². The predicted octanol–water partition coefficient (Wildman–Crippen LogP) is 3.16. The van der Waals surface area contributed by atoms with Gasteiger partial charge in [-0.25, -0.2) is 4.68 Å². The minimum absolute atomic E-state index is 0.0360. The van der Waals surface area contributed by atoms with Crippen LogP contribution in [0.2, 0.25) is 0 Å². The zero-order valence-corrected chi connectivity index (χ0v) is 14.3. The van der Waals surface area contributed by atoms with Crippen LogP contribution in [0.4, 0.5) is 13.2 Å². The zero-order chi connectivity index (χ0) is 19.1. The third-order valence-electron chi connectivity index (χ3n) is 4.47. The highest BCUT2D eigenvalue weighted by Gasteiger charge is 2.38. The van der Waals surface area contributed by atoms with Gasteiger partial charge in [-0.1, -0.05) is 12.1 Å². The molecule has 0 radical (unpaired) electrons. The molecule has 1 aromatic carbocycles. The van der Waals surface area contributed by atoms with E-state index in [1.54, 1.807) is 17.9 Å². The number of aromatic nitrogens is 2. The molecule has 1 heterocycles. The molecule has 1 unspecified atom stereocenters. The van der Waals surface area contributed by atoms with Gasteiger partial charge < -0.3 is 4.90 Å². The van der Waals surface area contributed by atoms with Crippen LogP contribution in [-0.4, -0.2) is 26.6 Å². The van der Waals surface area contributed by atoms with Crippen molar-refractivity contribution in [3.63, 3.8) is 0 Å². The molecular weight excluding hydrogens is 347 g/mol. The van der Waals surface area contributed by atoms with Crippen LogP contribution in [0.5, 0.6) is 0 Å². The second kappa shape index (κ2) is 6.59. The van der Waals surface area contributed by atoms with E-state index in [-0.39, 0.29) is 17.3 Å². The average molecular weight is 365 g/mol. The third kappa shape index (κ3) is 3.63. The maximum absolute atomic E-state index is 13.0. The van der Waals surface area contributed by atoms with Crippen molar-refractivity contribution in [1.82, 2.24) is 14.7 Å². The Labute approximate surface area is 148 Å². The van der Waals surface area contributed by atoms with Crippen molar-refractivity contribution in [2.45, 2.75) is 38.0 Å². The van der Waals surface area contributed by atoms with Gasteiger partial charge in [-0.05, 0) is 43.5 Å². The molecule has 1 atom stereocenters. The molecule has 1 aromatic heterocycles. The minimum atomic E-state index is -4.44. The molecule has 1 aliphatic rings. The van der Waals surface area contributed by atoms with E-state index in [0.717, 1.165) is 29.7 Å². The lowest BCUT2D eigenvalue weighted by Gasteiger charge is -2.30. The molecule has 138 valence electrons. The molecule has 0 N–H and O–H groups in total. The standard InChI is InChI=1S/C18H18F3N3O2/c1-11(12-4-3-5-13(10-12)18(19,20)21)24(14-6-7-14)17(26)15-8-9-16(25)23(2)22-15/h3-5,8-11,14H,6-7H2,1-2H3. The van der Waals surface area contributed by atoms with Crippen LogP contribution < -0.4 is 5.56 Å². The lowest BCUT2D eigenvalue weighted by Crippen LogP contribution is -2.37. The van der Waals surface area contributed by atoms with Crippen LogP contribution in [0.1, 0.15) is 47.4 Å². The summed E-state index contributed by atoms with van der Waals surface area (Å²) >= 11 is 0. The van der Waals surface area contributed by atoms with E-state index in [2.05, 4.69) is 5.10 Å². The molecule has 1 amide bonds. The maximum atomic E-state index is 13.0. The normalized spacial score (nSPS) is 15.6. The molecule has 8 heteroatoms.